The van der Waals surface area contributed by atoms with E-state index in [0.717, 1.165) is 0 Å². The van der Waals surface area contributed by atoms with Crippen LogP contribution in [0.3, 0.4) is 0 Å². The van der Waals surface area contributed by atoms with Gasteiger partial charge in [0.2, 0.25) is 5.90 Å². The summed E-state index contributed by atoms with van der Waals surface area (Å²) in [6.45, 7) is 1.48. The van der Waals surface area contributed by atoms with Crippen molar-refractivity contribution in [3.05, 3.63) is 30.1 Å². The van der Waals surface area contributed by atoms with Crippen molar-refractivity contribution in [3.8, 4) is 0 Å². The van der Waals surface area contributed by atoms with E-state index in [0.29, 0.717) is 5.56 Å². The third-order valence-corrected chi connectivity index (χ3v) is 1.18. The summed E-state index contributed by atoms with van der Waals surface area (Å²) < 4.78 is 4.76. The van der Waals surface area contributed by atoms with Gasteiger partial charge in [0.1, 0.15) is 0 Å². The van der Waals surface area contributed by atoms with Crippen molar-refractivity contribution in [3.63, 3.8) is 0 Å². The molecule has 0 fully saturated rings. The molecule has 1 aromatic heterocycles. The molecule has 0 aromatic carbocycles. The van der Waals surface area contributed by atoms with Crippen LogP contribution in [0.4, 0.5) is 0 Å². The number of aromatic nitrogens is 1. The van der Waals surface area contributed by atoms with E-state index >= 15 is 0 Å². The van der Waals surface area contributed by atoms with Gasteiger partial charge in [0.15, 0.2) is 5.90 Å². The second-order valence-corrected chi connectivity index (χ2v) is 2.23. The Hall–Kier alpha value is -1.71. The summed E-state index contributed by atoms with van der Waals surface area (Å²) in [6.07, 6.45) is 3.14. The molecule has 1 heterocycles. The molecule has 0 atom stereocenters. The minimum atomic E-state index is -0.0457. The van der Waals surface area contributed by atoms with Crippen molar-refractivity contribution in [2.24, 2.45) is 0 Å². The quantitative estimate of drug-likeness (QED) is 0.485. The van der Waals surface area contributed by atoms with Crippen LogP contribution in [0.25, 0.3) is 0 Å². The summed E-state index contributed by atoms with van der Waals surface area (Å²) in [5.41, 5.74) is 0.573. The molecule has 62 valence electrons. The molecule has 0 unspecified atom stereocenters. The van der Waals surface area contributed by atoms with Crippen LogP contribution in [-0.4, -0.2) is 16.8 Å². The van der Waals surface area contributed by atoms with Gasteiger partial charge in [0.25, 0.3) is 0 Å². The molecular formula is C8H9N3O. The number of pyridine rings is 1. The molecule has 0 saturated heterocycles. The molecular weight excluding hydrogens is 154 g/mol. The molecule has 12 heavy (non-hydrogen) atoms. The number of nitrogens with zero attached hydrogens (tertiary/aromatic N) is 1. The maximum absolute atomic E-state index is 7.36. The first-order valence-corrected chi connectivity index (χ1v) is 3.42. The Morgan fingerprint density at radius 1 is 1.50 bits per heavy atom. The largest absolute Gasteiger partial charge is 0.425 e. The molecule has 4 nitrogen and oxygen atoms in total. The highest BCUT2D eigenvalue weighted by Crippen LogP contribution is 1.98. The van der Waals surface area contributed by atoms with E-state index < -0.39 is 0 Å². The predicted octanol–water partition coefficient (Wildman–Crippen LogP) is 1.42. The molecule has 4 heteroatoms. The standard InChI is InChI=1S/C8H9N3O/c1-6(9)12-8(10)7-3-2-4-11-5-7/h2-5,9-10H,1H3. The summed E-state index contributed by atoms with van der Waals surface area (Å²) >= 11 is 0. The summed E-state index contributed by atoms with van der Waals surface area (Å²) in [5.74, 6) is -0.0422. The second kappa shape index (κ2) is 3.61. The lowest BCUT2D eigenvalue weighted by Gasteiger charge is -2.02. The van der Waals surface area contributed by atoms with Crippen LogP contribution < -0.4 is 0 Å². The molecule has 0 spiro atoms. The van der Waals surface area contributed by atoms with Crippen LogP contribution in [0.2, 0.25) is 0 Å². The Kier molecular flexibility index (Phi) is 2.53. The van der Waals surface area contributed by atoms with Gasteiger partial charge in [-0.25, -0.2) is 0 Å². The van der Waals surface area contributed by atoms with Crippen molar-refractivity contribution in [2.45, 2.75) is 6.92 Å². The first-order valence-electron chi connectivity index (χ1n) is 3.42. The average Bonchev–Trinajstić information content (AvgIpc) is 2.05. The molecule has 0 radical (unpaired) electrons. The summed E-state index contributed by atoms with van der Waals surface area (Å²) in [4.78, 5) is 3.82. The summed E-state index contributed by atoms with van der Waals surface area (Å²) in [5, 5.41) is 14.3. The van der Waals surface area contributed by atoms with Gasteiger partial charge in [0.05, 0.1) is 5.56 Å². The van der Waals surface area contributed by atoms with E-state index in [1.165, 1.54) is 13.1 Å². The van der Waals surface area contributed by atoms with Gasteiger partial charge in [-0.1, -0.05) is 0 Å². The molecule has 0 aliphatic heterocycles. The molecule has 0 amide bonds. The van der Waals surface area contributed by atoms with Gasteiger partial charge >= 0.3 is 0 Å². The predicted molar refractivity (Wildman–Crippen MR) is 45.6 cm³/mol. The van der Waals surface area contributed by atoms with E-state index in [1.807, 2.05) is 0 Å². The minimum Gasteiger partial charge on any atom is -0.425 e. The van der Waals surface area contributed by atoms with E-state index in [4.69, 9.17) is 15.6 Å². The van der Waals surface area contributed by atoms with Crippen molar-refractivity contribution in [1.82, 2.24) is 4.98 Å². The molecule has 0 aliphatic carbocycles. The van der Waals surface area contributed by atoms with Gasteiger partial charge < -0.3 is 4.74 Å². The van der Waals surface area contributed by atoms with E-state index in [-0.39, 0.29) is 11.8 Å². The zero-order valence-electron chi connectivity index (χ0n) is 6.66. The number of hydrogen-bond acceptors (Lipinski definition) is 4. The smallest absolute Gasteiger partial charge is 0.222 e. The lowest BCUT2D eigenvalue weighted by Crippen LogP contribution is -2.08. The van der Waals surface area contributed by atoms with Crippen LogP contribution in [0, 0.1) is 10.8 Å². The molecule has 0 aliphatic rings. The SMILES string of the molecule is CC(=N)OC(=N)c1cccnc1. The van der Waals surface area contributed by atoms with Gasteiger partial charge in [-0.2, -0.15) is 0 Å². The van der Waals surface area contributed by atoms with Crippen molar-refractivity contribution in [1.29, 1.82) is 10.8 Å². The fraction of sp³-hybridized carbons (Fsp3) is 0.125. The normalized spacial score (nSPS) is 9.08. The van der Waals surface area contributed by atoms with Gasteiger partial charge in [0, 0.05) is 19.3 Å². The van der Waals surface area contributed by atoms with Crippen LogP contribution in [0.15, 0.2) is 24.5 Å². The monoisotopic (exact) mass is 163 g/mol. The topological polar surface area (TPSA) is 69.8 Å². The van der Waals surface area contributed by atoms with E-state index in [1.54, 1.807) is 18.3 Å². The van der Waals surface area contributed by atoms with Crippen LogP contribution in [0.1, 0.15) is 12.5 Å². The molecule has 0 saturated carbocycles. The fourth-order valence-corrected chi connectivity index (χ4v) is 0.709. The number of hydrogen-bond donors (Lipinski definition) is 2. The first-order chi connectivity index (χ1) is 5.70. The lowest BCUT2D eigenvalue weighted by atomic mass is 10.3. The number of rotatable bonds is 1. The van der Waals surface area contributed by atoms with Crippen LogP contribution >= 0.6 is 0 Å². The number of nitrogens with one attached hydrogen (secondary N) is 2. The third kappa shape index (κ3) is 2.16. The highest BCUT2D eigenvalue weighted by Gasteiger charge is 2.01. The first kappa shape index (κ1) is 8.39. The maximum atomic E-state index is 7.36. The van der Waals surface area contributed by atoms with E-state index in [2.05, 4.69) is 4.98 Å². The average molecular weight is 163 g/mol. The fourth-order valence-electron chi connectivity index (χ4n) is 0.709. The zero-order valence-corrected chi connectivity index (χ0v) is 6.66. The second-order valence-electron chi connectivity index (χ2n) is 2.23. The van der Waals surface area contributed by atoms with Crippen molar-refractivity contribution >= 4 is 11.8 Å². The molecule has 0 bridgehead atoms. The Morgan fingerprint density at radius 2 is 2.25 bits per heavy atom. The Morgan fingerprint density at radius 3 is 2.75 bits per heavy atom. The van der Waals surface area contributed by atoms with E-state index in [9.17, 15) is 0 Å². The van der Waals surface area contributed by atoms with Gasteiger partial charge in [-0.05, 0) is 12.1 Å². The highest BCUT2D eigenvalue weighted by molar-refractivity contribution is 5.98. The minimum absolute atomic E-state index is 0.00357. The van der Waals surface area contributed by atoms with Crippen molar-refractivity contribution in [2.75, 3.05) is 0 Å². The van der Waals surface area contributed by atoms with Crippen molar-refractivity contribution < 1.29 is 4.74 Å². The Balaban J connectivity index is 2.73. The highest BCUT2D eigenvalue weighted by atomic mass is 16.5. The Bertz CT molecular complexity index is 294. The lowest BCUT2D eigenvalue weighted by molar-refractivity contribution is 0.532. The summed E-state index contributed by atoms with van der Waals surface area (Å²) in [6, 6.07) is 3.42. The molecule has 1 rings (SSSR count). The molecule has 2 N–H and O–H groups in total. The molecule has 1 aromatic rings. The Labute approximate surface area is 70.2 Å². The third-order valence-electron chi connectivity index (χ3n) is 1.18. The summed E-state index contributed by atoms with van der Waals surface area (Å²) in [7, 11) is 0. The van der Waals surface area contributed by atoms with Crippen LogP contribution in [-0.2, 0) is 4.74 Å². The zero-order chi connectivity index (χ0) is 8.97. The maximum Gasteiger partial charge on any atom is 0.222 e. The van der Waals surface area contributed by atoms with Gasteiger partial charge in [-0.3, -0.25) is 15.8 Å². The van der Waals surface area contributed by atoms with Gasteiger partial charge in [-0.15, -0.1) is 0 Å². The number of ether oxygens (including phenoxy) is 1. The van der Waals surface area contributed by atoms with Crippen LogP contribution in [0.5, 0.6) is 0 Å².